The van der Waals surface area contributed by atoms with E-state index < -0.39 is 37.2 Å². The van der Waals surface area contributed by atoms with Gasteiger partial charge in [0.25, 0.3) is 5.56 Å². The van der Waals surface area contributed by atoms with Crippen molar-refractivity contribution in [3.63, 3.8) is 0 Å². The van der Waals surface area contributed by atoms with Crippen LogP contribution in [0.4, 0.5) is 0 Å². The normalized spacial score (nSPS) is 24.7. The largest absolute Gasteiger partial charge is 0.350 e. The smallest absolute Gasteiger partial charge is 0.348 e. The molecule has 0 aliphatic carbocycles. The van der Waals surface area contributed by atoms with Gasteiger partial charge in [-0.3, -0.25) is 18.9 Å². The van der Waals surface area contributed by atoms with E-state index in [2.05, 4.69) is 15.0 Å². The van der Waals surface area contributed by atoms with E-state index in [1.807, 2.05) is 0 Å². The molecule has 12 heteroatoms. The highest BCUT2D eigenvalue weighted by Crippen LogP contribution is 2.38. The van der Waals surface area contributed by atoms with Gasteiger partial charge in [0.2, 0.25) is 0 Å². The lowest BCUT2D eigenvalue weighted by atomic mass is 10.1. The lowest BCUT2D eigenvalue weighted by Gasteiger charge is -2.14. The number of azide groups is 1. The molecule has 3 unspecified atom stereocenters. The summed E-state index contributed by atoms with van der Waals surface area (Å²) >= 11 is 0. The van der Waals surface area contributed by atoms with Crippen molar-refractivity contribution in [1.29, 1.82) is 0 Å². The molecule has 23 heavy (non-hydrogen) atoms. The number of H-pyrrole nitrogens is 1. The highest BCUT2D eigenvalue weighted by Gasteiger charge is 2.35. The second kappa shape index (κ2) is 6.53. The molecule has 1 aromatic rings. The monoisotopic (exact) mass is 343 g/mol. The summed E-state index contributed by atoms with van der Waals surface area (Å²) in [6.07, 6.45) is 0.797. The molecule has 124 valence electrons. The fraction of sp³-hybridized carbons (Fsp3) is 0.455. The fourth-order valence-corrected chi connectivity index (χ4v) is 2.59. The number of hydrogen-bond acceptors (Lipinski definition) is 5. The summed E-state index contributed by atoms with van der Waals surface area (Å²) < 4.78 is 17.6. The molecule has 1 aromatic heterocycles. The third-order valence-electron chi connectivity index (χ3n) is 3.26. The van der Waals surface area contributed by atoms with Gasteiger partial charge in [-0.05, 0) is 18.5 Å². The molecule has 0 aromatic carbocycles. The van der Waals surface area contributed by atoms with Crippen molar-refractivity contribution in [3.05, 3.63) is 54.9 Å². The molecule has 1 aliphatic heterocycles. The molecule has 2 rings (SSSR count). The van der Waals surface area contributed by atoms with Crippen molar-refractivity contribution in [2.45, 2.75) is 31.7 Å². The molecular weight excluding hydrogens is 329 g/mol. The zero-order chi connectivity index (χ0) is 17.2. The van der Waals surface area contributed by atoms with Gasteiger partial charge in [0.1, 0.15) is 6.23 Å². The summed E-state index contributed by atoms with van der Waals surface area (Å²) in [6.45, 7) is 1.51. The number of nitrogens with one attached hydrogen (secondary N) is 1. The van der Waals surface area contributed by atoms with E-state index in [4.69, 9.17) is 20.1 Å². The maximum atomic E-state index is 11.8. The van der Waals surface area contributed by atoms with E-state index in [0.717, 1.165) is 10.6 Å². The molecule has 0 spiro atoms. The maximum absolute atomic E-state index is 11.8. The Kier molecular flexibility index (Phi) is 4.88. The quantitative estimate of drug-likeness (QED) is 0.311. The fourth-order valence-electron chi connectivity index (χ4n) is 2.20. The Morgan fingerprint density at radius 3 is 2.87 bits per heavy atom. The Balaban J connectivity index is 2.34. The molecule has 3 N–H and O–H groups in total. The second-order valence-electron chi connectivity index (χ2n) is 4.97. The van der Waals surface area contributed by atoms with Gasteiger partial charge in [-0.25, -0.2) is 4.79 Å². The summed E-state index contributed by atoms with van der Waals surface area (Å²) in [5, 5.41) is 3.52. The first-order chi connectivity index (χ1) is 10.7. The van der Waals surface area contributed by atoms with Crippen molar-refractivity contribution in [1.82, 2.24) is 9.55 Å². The number of aromatic nitrogens is 2. The lowest BCUT2D eigenvalue weighted by molar-refractivity contribution is 0.0187. The average Bonchev–Trinajstić information content (AvgIpc) is 2.83. The molecule has 0 saturated carbocycles. The van der Waals surface area contributed by atoms with Crippen LogP contribution in [0.3, 0.4) is 0 Å². The first kappa shape index (κ1) is 17.2. The van der Waals surface area contributed by atoms with E-state index in [0.29, 0.717) is 11.4 Å². The number of ether oxygens (including phenoxy) is 1. The van der Waals surface area contributed by atoms with Crippen molar-refractivity contribution < 1.29 is 19.1 Å². The molecule has 1 fully saturated rings. The van der Waals surface area contributed by atoms with Gasteiger partial charge in [-0.1, -0.05) is 5.11 Å². The third kappa shape index (κ3) is 4.19. The molecule has 2 heterocycles. The molecule has 0 radical (unpaired) electrons. The summed E-state index contributed by atoms with van der Waals surface area (Å²) in [4.78, 5) is 45.7. The van der Waals surface area contributed by atoms with Gasteiger partial charge in [-0.2, -0.15) is 0 Å². The van der Waals surface area contributed by atoms with Gasteiger partial charge in [0.05, 0.1) is 12.1 Å². The van der Waals surface area contributed by atoms with Gasteiger partial charge in [0, 0.05) is 28.9 Å². The van der Waals surface area contributed by atoms with Gasteiger partial charge >= 0.3 is 13.3 Å². The highest BCUT2D eigenvalue weighted by atomic mass is 31.2. The minimum atomic E-state index is -4.39. The summed E-state index contributed by atoms with van der Waals surface area (Å²) in [5.41, 5.74) is 7.66. The summed E-state index contributed by atoms with van der Waals surface area (Å²) in [7, 11) is -4.39. The van der Waals surface area contributed by atoms with Crippen LogP contribution in [0.2, 0.25) is 0 Å². The zero-order valence-electron chi connectivity index (χ0n) is 11.9. The molecule has 11 nitrogen and oxygen atoms in total. The Labute approximate surface area is 129 Å². The molecule has 3 atom stereocenters. The van der Waals surface area contributed by atoms with Crippen LogP contribution >= 0.6 is 7.60 Å². The summed E-state index contributed by atoms with van der Waals surface area (Å²) in [5.74, 6) is 0.654. The van der Waals surface area contributed by atoms with E-state index in [1.165, 1.54) is 13.1 Å². The van der Waals surface area contributed by atoms with Gasteiger partial charge in [-0.15, -0.1) is 0 Å². The van der Waals surface area contributed by atoms with Crippen LogP contribution in [0.15, 0.2) is 32.8 Å². The first-order valence-electron chi connectivity index (χ1n) is 6.47. The molecule has 1 aliphatic rings. The SMILES string of the molecule is Cc1cn(C2CC(N=[N+]=[N-])C(/C=C/P(=O)(O)O)O2)c(=O)[nH]c1=O. The van der Waals surface area contributed by atoms with Gasteiger partial charge < -0.3 is 14.5 Å². The predicted octanol–water partition coefficient (Wildman–Crippen LogP) is 0.503. The van der Waals surface area contributed by atoms with Crippen LogP contribution in [0, 0.1) is 6.92 Å². The predicted molar refractivity (Wildman–Crippen MR) is 78.7 cm³/mol. The average molecular weight is 343 g/mol. The molecule has 1 saturated heterocycles. The summed E-state index contributed by atoms with van der Waals surface area (Å²) in [6, 6.07) is -0.744. The van der Waals surface area contributed by atoms with Crippen molar-refractivity contribution >= 4 is 7.60 Å². The second-order valence-corrected chi connectivity index (χ2v) is 6.45. The van der Waals surface area contributed by atoms with Crippen LogP contribution in [-0.2, 0) is 9.30 Å². The van der Waals surface area contributed by atoms with Crippen LogP contribution in [0.1, 0.15) is 18.2 Å². The zero-order valence-corrected chi connectivity index (χ0v) is 12.8. The van der Waals surface area contributed by atoms with Crippen LogP contribution in [0.5, 0.6) is 0 Å². The molecule has 0 amide bonds. The highest BCUT2D eigenvalue weighted by molar-refractivity contribution is 7.55. The molecule has 0 bridgehead atoms. The Morgan fingerprint density at radius 2 is 2.26 bits per heavy atom. The number of aryl methyl sites for hydroxylation is 1. The molecular formula is C11H14N5O6P. The van der Waals surface area contributed by atoms with Crippen molar-refractivity contribution in [2.24, 2.45) is 5.11 Å². The number of nitrogens with zero attached hydrogens (tertiary/aromatic N) is 4. The van der Waals surface area contributed by atoms with Crippen molar-refractivity contribution in [3.8, 4) is 0 Å². The standard InChI is InChI=1S/C11H14N5O6P/c1-6-5-16(11(18)13-10(6)17)9-4-7(14-15-12)8(22-9)2-3-23(19,20)21/h2-3,5,7-9H,4H2,1H3,(H,13,17,18)(H2,19,20,21)/b3-2+. The third-order valence-corrected chi connectivity index (χ3v) is 3.82. The van der Waals surface area contributed by atoms with E-state index >= 15 is 0 Å². The maximum Gasteiger partial charge on any atom is 0.348 e. The van der Waals surface area contributed by atoms with E-state index in [9.17, 15) is 14.2 Å². The van der Waals surface area contributed by atoms with E-state index in [1.54, 1.807) is 0 Å². The first-order valence-corrected chi connectivity index (χ1v) is 8.16. The lowest BCUT2D eigenvalue weighted by Crippen LogP contribution is -2.33. The number of hydrogen-bond donors (Lipinski definition) is 3. The Bertz CT molecular complexity index is 832. The van der Waals surface area contributed by atoms with Crippen molar-refractivity contribution in [2.75, 3.05) is 0 Å². The minimum absolute atomic E-state index is 0.117. The van der Waals surface area contributed by atoms with Crippen LogP contribution in [-0.4, -0.2) is 31.5 Å². The minimum Gasteiger partial charge on any atom is -0.350 e. The Hall–Kier alpha value is -2.16. The Morgan fingerprint density at radius 1 is 1.57 bits per heavy atom. The number of aromatic amines is 1. The van der Waals surface area contributed by atoms with Crippen LogP contribution < -0.4 is 11.2 Å². The van der Waals surface area contributed by atoms with Crippen LogP contribution in [0.25, 0.3) is 10.4 Å². The number of rotatable bonds is 4. The topological polar surface area (TPSA) is 170 Å². The van der Waals surface area contributed by atoms with E-state index in [-0.39, 0.29) is 6.42 Å². The van der Waals surface area contributed by atoms with Gasteiger partial charge in [0.15, 0.2) is 0 Å².